The third-order valence-electron chi connectivity index (χ3n) is 5.77. The zero-order chi connectivity index (χ0) is 24.4. The monoisotopic (exact) mass is 488 g/mol. The van der Waals surface area contributed by atoms with E-state index in [9.17, 15) is 9.59 Å². The molecule has 2 bridgehead atoms. The van der Waals surface area contributed by atoms with E-state index in [0.29, 0.717) is 51.9 Å². The van der Waals surface area contributed by atoms with Crippen molar-refractivity contribution >= 4 is 45.8 Å². The Morgan fingerprint density at radius 2 is 2.20 bits per heavy atom. The first kappa shape index (κ1) is 22.7. The lowest BCUT2D eigenvalue weighted by Crippen LogP contribution is -2.17. The summed E-state index contributed by atoms with van der Waals surface area (Å²) in [6.07, 6.45) is 4.50. The Morgan fingerprint density at radius 3 is 3.06 bits per heavy atom. The summed E-state index contributed by atoms with van der Waals surface area (Å²) in [6.45, 7) is 6.90. The molecule has 9 nitrogen and oxygen atoms in total. The van der Waals surface area contributed by atoms with E-state index in [1.54, 1.807) is 18.3 Å². The predicted molar refractivity (Wildman–Crippen MR) is 136 cm³/mol. The lowest BCUT2D eigenvalue weighted by molar-refractivity contribution is -0.111. The summed E-state index contributed by atoms with van der Waals surface area (Å²) in [4.78, 5) is 31.1. The molecule has 0 unspecified atom stereocenters. The van der Waals surface area contributed by atoms with E-state index in [4.69, 9.17) is 4.74 Å². The zero-order valence-electron chi connectivity index (χ0n) is 19.2. The maximum absolute atomic E-state index is 13.4. The number of benzene rings is 1. The number of carbonyl (C=O) groups is 2. The number of anilines is 2. The van der Waals surface area contributed by atoms with Crippen LogP contribution >= 0.6 is 11.3 Å². The van der Waals surface area contributed by atoms with Crippen LogP contribution in [-0.2, 0) is 11.3 Å². The predicted octanol–water partition coefficient (Wildman–Crippen LogP) is 4.74. The number of para-hydroxylation sites is 2. The van der Waals surface area contributed by atoms with E-state index in [-0.39, 0.29) is 5.91 Å². The lowest BCUT2D eigenvalue weighted by atomic mass is 10.1. The SMILES string of the molecule is C=CC(=O)Nc1cc2sc1-c1nnccc1OCCC[C@@H](C)Cn1c(nc3ccccc31)NC2=O. The van der Waals surface area contributed by atoms with Gasteiger partial charge in [-0.3, -0.25) is 14.9 Å². The van der Waals surface area contributed by atoms with Crippen LogP contribution in [0.25, 0.3) is 21.6 Å². The van der Waals surface area contributed by atoms with Crippen LogP contribution in [0, 0.1) is 5.92 Å². The largest absolute Gasteiger partial charge is 0.491 e. The molecule has 10 heteroatoms. The highest BCUT2D eigenvalue weighted by molar-refractivity contribution is 7.18. The molecule has 0 saturated heterocycles. The standard InChI is InChI=1S/C25H24N6O3S/c1-3-21(32)27-17-13-20-24(33)29-25-28-16-8-4-5-9-18(16)31(25)14-15(2)7-6-12-34-19-10-11-26-30-22(19)23(17)35-20/h3-5,8-11,13,15H,1,6-7,12,14H2,2H3,(H,27,32)(H,28,29,33)/t15-/m1/s1. The number of carbonyl (C=O) groups excluding carboxylic acids is 2. The number of amides is 2. The minimum absolute atomic E-state index is 0.333. The van der Waals surface area contributed by atoms with E-state index >= 15 is 0 Å². The number of ether oxygens (including phenoxy) is 1. The summed E-state index contributed by atoms with van der Waals surface area (Å²) in [5.74, 6) is 0.638. The van der Waals surface area contributed by atoms with E-state index in [1.165, 1.54) is 17.4 Å². The van der Waals surface area contributed by atoms with E-state index in [2.05, 4.69) is 39.3 Å². The molecule has 2 amide bonds. The van der Waals surface area contributed by atoms with Crippen LogP contribution in [0.5, 0.6) is 5.75 Å². The lowest BCUT2D eigenvalue weighted by Gasteiger charge is -2.16. The highest BCUT2D eigenvalue weighted by Gasteiger charge is 2.23. The summed E-state index contributed by atoms with van der Waals surface area (Å²) in [5.41, 5.74) is 2.67. The summed E-state index contributed by atoms with van der Waals surface area (Å²) >= 11 is 1.20. The van der Waals surface area contributed by atoms with E-state index in [1.807, 2.05) is 28.8 Å². The van der Waals surface area contributed by atoms with Gasteiger partial charge < -0.3 is 14.6 Å². The van der Waals surface area contributed by atoms with E-state index < -0.39 is 5.91 Å². The maximum Gasteiger partial charge on any atom is 0.268 e. The molecule has 0 fully saturated rings. The van der Waals surface area contributed by atoms with Crippen molar-refractivity contribution in [2.75, 3.05) is 17.2 Å². The normalized spacial score (nSPS) is 16.1. The second-order valence-electron chi connectivity index (χ2n) is 8.38. The van der Waals surface area contributed by atoms with Crippen LogP contribution in [0.3, 0.4) is 0 Å². The average molecular weight is 489 g/mol. The van der Waals surface area contributed by atoms with Gasteiger partial charge in [0.05, 0.1) is 39.3 Å². The van der Waals surface area contributed by atoms with Gasteiger partial charge in [-0.05, 0) is 43.0 Å². The third-order valence-corrected chi connectivity index (χ3v) is 6.91. The Morgan fingerprint density at radius 1 is 1.34 bits per heavy atom. The summed E-state index contributed by atoms with van der Waals surface area (Å²) in [6, 6.07) is 11.2. The fourth-order valence-electron chi connectivity index (χ4n) is 4.09. The molecule has 1 atom stereocenters. The first-order valence-electron chi connectivity index (χ1n) is 11.3. The molecule has 4 heterocycles. The van der Waals surface area contributed by atoms with Gasteiger partial charge in [-0.25, -0.2) is 4.98 Å². The van der Waals surface area contributed by atoms with Crippen LogP contribution in [0.1, 0.15) is 29.4 Å². The van der Waals surface area contributed by atoms with E-state index in [0.717, 1.165) is 23.9 Å². The van der Waals surface area contributed by atoms with Crippen molar-refractivity contribution in [1.82, 2.24) is 19.7 Å². The summed E-state index contributed by atoms with van der Waals surface area (Å²) in [5, 5.41) is 14.0. The van der Waals surface area contributed by atoms with Gasteiger partial charge in [-0.2, -0.15) is 5.10 Å². The molecule has 2 N–H and O–H groups in total. The third kappa shape index (κ3) is 4.65. The number of nitrogens with one attached hydrogen (secondary N) is 2. The van der Waals surface area contributed by atoms with Crippen LogP contribution in [-0.4, -0.2) is 38.2 Å². The second-order valence-corrected chi connectivity index (χ2v) is 9.43. The molecule has 0 spiro atoms. The van der Waals surface area contributed by atoms with Gasteiger partial charge in [0, 0.05) is 12.6 Å². The molecule has 1 aromatic carbocycles. The van der Waals surface area contributed by atoms with Gasteiger partial charge in [0.1, 0.15) is 11.4 Å². The number of imidazole rings is 1. The van der Waals surface area contributed by atoms with Crippen LogP contribution in [0.2, 0.25) is 0 Å². The number of hydrogen-bond acceptors (Lipinski definition) is 7. The molecule has 1 aliphatic heterocycles. The molecule has 1 aliphatic rings. The van der Waals surface area contributed by atoms with Gasteiger partial charge in [-0.15, -0.1) is 16.4 Å². The van der Waals surface area contributed by atoms with Gasteiger partial charge in [-0.1, -0.05) is 25.6 Å². The van der Waals surface area contributed by atoms with Crippen molar-refractivity contribution in [2.45, 2.75) is 26.3 Å². The average Bonchev–Trinajstić information content (AvgIpc) is 3.43. The van der Waals surface area contributed by atoms with Crippen LogP contribution in [0.4, 0.5) is 11.6 Å². The summed E-state index contributed by atoms with van der Waals surface area (Å²) in [7, 11) is 0. The van der Waals surface area contributed by atoms with Gasteiger partial charge in [0.2, 0.25) is 11.9 Å². The number of thiophene rings is 1. The topological polar surface area (TPSA) is 111 Å². The number of fused-ring (bicyclic) bond motifs is 7. The van der Waals surface area contributed by atoms with Gasteiger partial charge in [0.15, 0.2) is 0 Å². The van der Waals surface area contributed by atoms with Crippen molar-refractivity contribution in [3.8, 4) is 16.3 Å². The Bertz CT molecular complexity index is 1430. The maximum atomic E-state index is 13.4. The molecule has 0 radical (unpaired) electrons. The first-order chi connectivity index (χ1) is 17.0. The minimum atomic E-state index is -0.396. The molecule has 0 aliphatic carbocycles. The second kappa shape index (κ2) is 9.67. The molecule has 5 rings (SSSR count). The molecule has 178 valence electrons. The van der Waals surface area contributed by atoms with Gasteiger partial charge >= 0.3 is 0 Å². The van der Waals surface area contributed by atoms with Crippen molar-refractivity contribution in [3.05, 3.63) is 60.1 Å². The number of aromatic nitrogens is 4. The highest BCUT2D eigenvalue weighted by Crippen LogP contribution is 2.40. The number of rotatable bonds is 2. The Labute approximate surface area is 205 Å². The molecular weight excluding hydrogens is 464 g/mol. The fourth-order valence-corrected chi connectivity index (χ4v) is 5.08. The molecule has 0 saturated carbocycles. The number of hydrogen-bond donors (Lipinski definition) is 2. The molecular formula is C25H24N6O3S. The Kier molecular flexibility index (Phi) is 6.28. The van der Waals surface area contributed by atoms with Crippen molar-refractivity contribution < 1.29 is 14.3 Å². The number of nitrogens with zero attached hydrogens (tertiary/aromatic N) is 4. The van der Waals surface area contributed by atoms with Crippen molar-refractivity contribution in [3.63, 3.8) is 0 Å². The smallest absolute Gasteiger partial charge is 0.268 e. The van der Waals surface area contributed by atoms with Crippen molar-refractivity contribution in [1.29, 1.82) is 0 Å². The minimum Gasteiger partial charge on any atom is -0.491 e. The Hall–Kier alpha value is -4.05. The molecule has 4 aromatic rings. The zero-order valence-corrected chi connectivity index (χ0v) is 20.0. The molecule has 35 heavy (non-hydrogen) atoms. The fraction of sp³-hybridized carbons (Fsp3) is 0.240. The Balaban J connectivity index is 1.62. The van der Waals surface area contributed by atoms with Crippen molar-refractivity contribution in [2.24, 2.45) is 5.92 Å². The van der Waals surface area contributed by atoms with Gasteiger partial charge in [0.25, 0.3) is 5.91 Å². The first-order valence-corrected chi connectivity index (χ1v) is 12.1. The molecule has 3 aromatic heterocycles. The van der Waals surface area contributed by atoms with Crippen LogP contribution in [0.15, 0.2) is 55.3 Å². The van der Waals surface area contributed by atoms with Crippen LogP contribution < -0.4 is 15.4 Å². The highest BCUT2D eigenvalue weighted by atomic mass is 32.1. The quantitative estimate of drug-likeness (QED) is 0.394. The summed E-state index contributed by atoms with van der Waals surface area (Å²) < 4.78 is 8.12.